The lowest BCUT2D eigenvalue weighted by atomic mass is 10.1. The number of carbonyl (C=O) groups is 1. The molecule has 0 radical (unpaired) electrons. The van der Waals surface area contributed by atoms with Gasteiger partial charge in [0.1, 0.15) is 11.3 Å². The van der Waals surface area contributed by atoms with Crippen LogP contribution in [0.2, 0.25) is 0 Å². The van der Waals surface area contributed by atoms with Crippen LogP contribution in [-0.4, -0.2) is 43.0 Å². The van der Waals surface area contributed by atoms with Gasteiger partial charge in [-0.3, -0.25) is 9.69 Å². The van der Waals surface area contributed by atoms with Crippen molar-refractivity contribution < 1.29 is 13.6 Å². The molecule has 1 aromatic heterocycles. The van der Waals surface area contributed by atoms with Gasteiger partial charge in [-0.25, -0.2) is 13.8 Å². The van der Waals surface area contributed by atoms with E-state index in [-0.39, 0.29) is 11.4 Å². The maximum Gasteiger partial charge on any atom is 0.260 e. The van der Waals surface area contributed by atoms with Crippen LogP contribution in [0.15, 0.2) is 30.3 Å². The van der Waals surface area contributed by atoms with Gasteiger partial charge in [0.15, 0.2) is 10.9 Å². The number of aryl methyl sites for hydroxylation is 2. The van der Waals surface area contributed by atoms with Crippen molar-refractivity contribution in [1.82, 2.24) is 9.88 Å². The monoisotopic (exact) mass is 403 g/mol. The van der Waals surface area contributed by atoms with Crippen molar-refractivity contribution in [3.8, 4) is 0 Å². The number of hydrogen-bond donors (Lipinski definition) is 0. The Bertz CT molecular complexity index is 996. The van der Waals surface area contributed by atoms with E-state index in [1.165, 1.54) is 6.07 Å². The first-order chi connectivity index (χ1) is 13.2. The highest BCUT2D eigenvalue weighted by atomic mass is 32.1. The zero-order chi connectivity index (χ0) is 20.4. The van der Waals surface area contributed by atoms with Crippen molar-refractivity contribution in [2.24, 2.45) is 0 Å². The molecule has 28 heavy (non-hydrogen) atoms. The molecule has 0 unspecified atom stereocenters. The van der Waals surface area contributed by atoms with Crippen LogP contribution in [0, 0.1) is 25.5 Å². The second-order valence-electron chi connectivity index (χ2n) is 7.22. The molecular weight excluding hydrogens is 380 g/mol. The Morgan fingerprint density at radius 2 is 1.71 bits per heavy atom. The van der Waals surface area contributed by atoms with Crippen molar-refractivity contribution in [2.75, 3.05) is 32.1 Å². The molecule has 0 aliphatic rings. The van der Waals surface area contributed by atoms with Crippen molar-refractivity contribution >= 4 is 32.6 Å². The Labute approximate surface area is 167 Å². The lowest BCUT2D eigenvalue weighted by molar-refractivity contribution is 0.0986. The Hall–Kier alpha value is -2.38. The molecule has 1 heterocycles. The molecule has 0 atom stereocenters. The Balaban J connectivity index is 2.01. The number of anilines is 1. The van der Waals surface area contributed by atoms with E-state index < -0.39 is 11.6 Å². The summed E-state index contributed by atoms with van der Waals surface area (Å²) in [7, 11) is 3.93. The van der Waals surface area contributed by atoms with Crippen LogP contribution >= 0.6 is 11.3 Å². The van der Waals surface area contributed by atoms with Crippen LogP contribution in [0.1, 0.15) is 27.9 Å². The molecule has 0 aliphatic heterocycles. The summed E-state index contributed by atoms with van der Waals surface area (Å²) in [5, 5.41) is 0.377. The Kier molecular flexibility index (Phi) is 6.05. The number of rotatable bonds is 6. The summed E-state index contributed by atoms with van der Waals surface area (Å²) in [4.78, 5) is 21.2. The molecule has 1 amide bonds. The van der Waals surface area contributed by atoms with E-state index in [2.05, 4.69) is 4.98 Å². The third kappa shape index (κ3) is 4.54. The average Bonchev–Trinajstić information content (AvgIpc) is 3.01. The SMILES string of the molecule is Cc1cc(C)cc(C(=O)N(CCCN(C)C)c2nc3c(F)cc(F)cc3s2)c1. The van der Waals surface area contributed by atoms with Gasteiger partial charge in [0, 0.05) is 18.2 Å². The van der Waals surface area contributed by atoms with Crippen LogP contribution in [0.4, 0.5) is 13.9 Å². The predicted octanol–water partition coefficient (Wildman–Crippen LogP) is 4.79. The summed E-state index contributed by atoms with van der Waals surface area (Å²) in [6.07, 6.45) is 0.732. The molecule has 0 fully saturated rings. The van der Waals surface area contributed by atoms with E-state index in [1.54, 1.807) is 4.90 Å². The smallest absolute Gasteiger partial charge is 0.260 e. The lowest BCUT2D eigenvalue weighted by Crippen LogP contribution is -2.33. The molecule has 0 aliphatic carbocycles. The number of halogens is 2. The quantitative estimate of drug-likeness (QED) is 0.594. The van der Waals surface area contributed by atoms with Gasteiger partial charge in [-0.2, -0.15) is 0 Å². The summed E-state index contributed by atoms with van der Waals surface area (Å²) in [6.45, 7) is 5.12. The number of carbonyl (C=O) groups excluding carboxylic acids is 1. The van der Waals surface area contributed by atoms with Gasteiger partial charge in [-0.1, -0.05) is 28.5 Å². The number of benzene rings is 2. The van der Waals surface area contributed by atoms with E-state index in [0.717, 1.165) is 41.5 Å². The van der Waals surface area contributed by atoms with Crippen molar-refractivity contribution in [3.05, 3.63) is 58.7 Å². The molecule has 0 saturated carbocycles. The lowest BCUT2D eigenvalue weighted by Gasteiger charge is -2.21. The van der Waals surface area contributed by atoms with E-state index in [0.29, 0.717) is 21.9 Å². The predicted molar refractivity (Wildman–Crippen MR) is 110 cm³/mol. The summed E-state index contributed by atoms with van der Waals surface area (Å²) >= 11 is 1.12. The first-order valence-corrected chi connectivity index (χ1v) is 9.86. The number of thiazole rings is 1. The molecule has 0 saturated heterocycles. The third-order valence-corrected chi connectivity index (χ3v) is 5.36. The van der Waals surface area contributed by atoms with Gasteiger partial charge in [0.05, 0.1) is 4.70 Å². The first-order valence-electron chi connectivity index (χ1n) is 9.05. The van der Waals surface area contributed by atoms with E-state index in [1.807, 2.05) is 51.0 Å². The highest BCUT2D eigenvalue weighted by Gasteiger charge is 2.23. The molecule has 2 aromatic carbocycles. The van der Waals surface area contributed by atoms with Crippen molar-refractivity contribution in [1.29, 1.82) is 0 Å². The van der Waals surface area contributed by atoms with E-state index in [9.17, 15) is 13.6 Å². The van der Waals surface area contributed by atoms with Gasteiger partial charge < -0.3 is 4.90 Å². The van der Waals surface area contributed by atoms with Crippen molar-refractivity contribution in [2.45, 2.75) is 20.3 Å². The van der Waals surface area contributed by atoms with E-state index >= 15 is 0 Å². The van der Waals surface area contributed by atoms with Crippen molar-refractivity contribution in [3.63, 3.8) is 0 Å². The number of aromatic nitrogens is 1. The number of nitrogens with zero attached hydrogens (tertiary/aromatic N) is 3. The van der Waals surface area contributed by atoms with Gasteiger partial charge in [-0.05, 0) is 59.1 Å². The fourth-order valence-corrected chi connectivity index (χ4v) is 4.17. The second kappa shape index (κ2) is 8.32. The average molecular weight is 403 g/mol. The highest BCUT2D eigenvalue weighted by Crippen LogP contribution is 2.32. The molecule has 3 aromatic rings. The summed E-state index contributed by atoms with van der Waals surface area (Å²) < 4.78 is 28.1. The van der Waals surface area contributed by atoms with Crippen LogP contribution in [0.3, 0.4) is 0 Å². The maximum absolute atomic E-state index is 14.1. The minimum Gasteiger partial charge on any atom is -0.309 e. The van der Waals surface area contributed by atoms with Crippen LogP contribution in [-0.2, 0) is 0 Å². The Morgan fingerprint density at radius 1 is 1.04 bits per heavy atom. The topological polar surface area (TPSA) is 36.4 Å². The van der Waals surface area contributed by atoms with E-state index in [4.69, 9.17) is 0 Å². The summed E-state index contributed by atoms with van der Waals surface area (Å²) in [5.41, 5.74) is 2.64. The van der Waals surface area contributed by atoms with Crippen LogP contribution in [0.5, 0.6) is 0 Å². The summed E-state index contributed by atoms with van der Waals surface area (Å²) in [6, 6.07) is 7.74. The van der Waals surface area contributed by atoms with Gasteiger partial charge in [0.25, 0.3) is 5.91 Å². The maximum atomic E-state index is 14.1. The van der Waals surface area contributed by atoms with Gasteiger partial charge in [-0.15, -0.1) is 0 Å². The molecular formula is C21H23F2N3OS. The normalized spacial score (nSPS) is 11.4. The number of amides is 1. The fourth-order valence-electron chi connectivity index (χ4n) is 3.14. The van der Waals surface area contributed by atoms with Crippen LogP contribution in [0.25, 0.3) is 10.2 Å². The first kappa shape index (κ1) is 20.4. The standard InChI is InChI=1S/C21H23F2N3OS/c1-13-8-14(2)10-15(9-13)20(27)26(7-5-6-25(3)4)21-24-19-17(23)11-16(22)12-18(19)28-21/h8-12H,5-7H2,1-4H3. The number of hydrogen-bond acceptors (Lipinski definition) is 4. The fraction of sp³-hybridized carbons (Fsp3) is 0.333. The largest absolute Gasteiger partial charge is 0.309 e. The molecule has 0 bridgehead atoms. The molecule has 4 nitrogen and oxygen atoms in total. The molecule has 148 valence electrons. The van der Waals surface area contributed by atoms with Gasteiger partial charge in [0.2, 0.25) is 0 Å². The van der Waals surface area contributed by atoms with Crippen LogP contribution < -0.4 is 4.90 Å². The Morgan fingerprint density at radius 3 is 2.36 bits per heavy atom. The van der Waals surface area contributed by atoms with Gasteiger partial charge >= 0.3 is 0 Å². The summed E-state index contributed by atoms with van der Waals surface area (Å²) in [5.74, 6) is -1.56. The zero-order valence-corrected chi connectivity index (χ0v) is 17.2. The molecule has 3 rings (SSSR count). The number of fused-ring (bicyclic) bond motifs is 1. The third-order valence-electron chi connectivity index (χ3n) is 4.33. The highest BCUT2D eigenvalue weighted by molar-refractivity contribution is 7.22. The minimum atomic E-state index is -0.718. The molecule has 0 spiro atoms. The molecule has 0 N–H and O–H groups in total. The minimum absolute atomic E-state index is 0.0900. The molecule has 7 heteroatoms. The zero-order valence-electron chi connectivity index (χ0n) is 16.4. The second-order valence-corrected chi connectivity index (χ2v) is 8.23.